The molecule has 1 heterocycles. The Morgan fingerprint density at radius 1 is 1.33 bits per heavy atom. The molecule has 0 fully saturated rings. The van der Waals surface area contributed by atoms with Crippen LogP contribution in [-0.4, -0.2) is 14.8 Å². The molecule has 0 radical (unpaired) electrons. The molecule has 0 atom stereocenters. The van der Waals surface area contributed by atoms with Crippen molar-refractivity contribution in [2.24, 2.45) is 7.05 Å². The van der Waals surface area contributed by atoms with Gasteiger partial charge in [0, 0.05) is 12.6 Å². The number of benzene rings is 1. The molecular weight excluding hydrogens is 210 g/mol. The monoisotopic (exact) mass is 219 g/mol. The van der Waals surface area contributed by atoms with Crippen molar-refractivity contribution >= 4 is 12.2 Å². The Morgan fingerprint density at radius 2 is 2.00 bits per heavy atom. The first-order valence-corrected chi connectivity index (χ1v) is 4.82. The van der Waals surface area contributed by atoms with Crippen LogP contribution in [0, 0.1) is 4.77 Å². The Hall–Kier alpha value is -1.75. The number of nitrogens with zero attached hydrogens (tertiary/aromatic N) is 2. The minimum Gasteiger partial charge on any atom is -0.266 e. The highest BCUT2D eigenvalue weighted by Crippen LogP contribution is 2.10. The van der Waals surface area contributed by atoms with Gasteiger partial charge in [0.2, 0.25) is 4.77 Å². The summed E-state index contributed by atoms with van der Waals surface area (Å²) in [4.78, 5) is 15.7. The molecule has 1 aromatic carbocycles. The van der Waals surface area contributed by atoms with Crippen LogP contribution in [0.1, 0.15) is 0 Å². The SMILES string of the molecule is Cn1[nH]c(=O)c(-c2ccccc2)nc1=S. The van der Waals surface area contributed by atoms with Crippen LogP contribution < -0.4 is 5.56 Å². The molecule has 5 heteroatoms. The number of H-pyrrole nitrogens is 1. The third-order valence-corrected chi connectivity index (χ3v) is 2.39. The highest BCUT2D eigenvalue weighted by molar-refractivity contribution is 7.71. The summed E-state index contributed by atoms with van der Waals surface area (Å²) in [5, 5.41) is 2.60. The van der Waals surface area contributed by atoms with Gasteiger partial charge in [-0.05, 0) is 12.2 Å². The molecule has 1 N–H and O–H groups in total. The maximum Gasteiger partial charge on any atom is 0.289 e. The number of hydrogen-bond donors (Lipinski definition) is 1. The maximum atomic E-state index is 11.6. The summed E-state index contributed by atoms with van der Waals surface area (Å²) < 4.78 is 1.78. The molecule has 2 rings (SSSR count). The molecule has 0 bridgehead atoms. The third kappa shape index (κ3) is 1.87. The zero-order valence-corrected chi connectivity index (χ0v) is 8.91. The van der Waals surface area contributed by atoms with Gasteiger partial charge in [0.25, 0.3) is 5.56 Å². The van der Waals surface area contributed by atoms with Gasteiger partial charge in [-0.2, -0.15) is 0 Å². The van der Waals surface area contributed by atoms with E-state index in [9.17, 15) is 4.79 Å². The topological polar surface area (TPSA) is 50.7 Å². The van der Waals surface area contributed by atoms with Gasteiger partial charge < -0.3 is 0 Å². The Labute approximate surface area is 91.2 Å². The van der Waals surface area contributed by atoms with Gasteiger partial charge in [0.15, 0.2) is 0 Å². The van der Waals surface area contributed by atoms with Crippen molar-refractivity contribution in [2.45, 2.75) is 0 Å². The molecular formula is C10H9N3OS. The number of aromatic nitrogens is 3. The van der Waals surface area contributed by atoms with Gasteiger partial charge in [-0.1, -0.05) is 30.3 Å². The molecule has 76 valence electrons. The molecule has 0 amide bonds. The summed E-state index contributed by atoms with van der Waals surface area (Å²) >= 11 is 4.98. The summed E-state index contributed by atoms with van der Waals surface area (Å²) in [5.41, 5.74) is 0.890. The smallest absolute Gasteiger partial charge is 0.266 e. The average Bonchev–Trinajstić information content (AvgIpc) is 2.25. The number of aryl methyl sites for hydroxylation is 1. The average molecular weight is 219 g/mol. The predicted molar refractivity (Wildman–Crippen MR) is 60.1 cm³/mol. The molecule has 0 spiro atoms. The Kier molecular flexibility index (Phi) is 2.47. The van der Waals surface area contributed by atoms with E-state index >= 15 is 0 Å². The second kappa shape index (κ2) is 3.78. The van der Waals surface area contributed by atoms with Gasteiger partial charge >= 0.3 is 0 Å². The first kappa shape index (κ1) is 9.79. The third-order valence-electron chi connectivity index (χ3n) is 2.03. The largest absolute Gasteiger partial charge is 0.289 e. The van der Waals surface area contributed by atoms with E-state index in [-0.39, 0.29) is 5.56 Å². The van der Waals surface area contributed by atoms with Crippen molar-refractivity contribution in [3.63, 3.8) is 0 Å². The Balaban J connectivity index is 2.70. The molecule has 15 heavy (non-hydrogen) atoms. The van der Waals surface area contributed by atoms with Crippen LogP contribution in [0.25, 0.3) is 11.3 Å². The van der Waals surface area contributed by atoms with Crippen LogP contribution in [0.15, 0.2) is 35.1 Å². The van der Waals surface area contributed by atoms with Crippen molar-refractivity contribution in [1.82, 2.24) is 14.8 Å². The minimum atomic E-state index is -0.239. The summed E-state index contributed by atoms with van der Waals surface area (Å²) in [6, 6.07) is 9.24. The first-order chi connectivity index (χ1) is 7.18. The van der Waals surface area contributed by atoms with E-state index in [1.54, 1.807) is 7.05 Å². The van der Waals surface area contributed by atoms with Crippen molar-refractivity contribution in [3.8, 4) is 11.3 Å². The zero-order valence-electron chi connectivity index (χ0n) is 8.10. The maximum absolute atomic E-state index is 11.6. The van der Waals surface area contributed by atoms with Gasteiger partial charge in [0.05, 0.1) is 0 Å². The van der Waals surface area contributed by atoms with Crippen molar-refractivity contribution in [1.29, 1.82) is 0 Å². The van der Waals surface area contributed by atoms with E-state index in [0.717, 1.165) is 5.56 Å². The normalized spacial score (nSPS) is 10.2. The minimum absolute atomic E-state index is 0.239. The number of rotatable bonds is 1. The lowest BCUT2D eigenvalue weighted by molar-refractivity contribution is 0.683. The fourth-order valence-electron chi connectivity index (χ4n) is 1.27. The van der Waals surface area contributed by atoms with E-state index in [1.807, 2.05) is 30.3 Å². The first-order valence-electron chi connectivity index (χ1n) is 4.41. The molecule has 0 unspecified atom stereocenters. The molecule has 4 nitrogen and oxygen atoms in total. The fourth-order valence-corrected chi connectivity index (χ4v) is 1.40. The summed E-state index contributed by atoms with van der Waals surface area (Å²) in [5.74, 6) is 0. The van der Waals surface area contributed by atoms with Crippen LogP contribution in [0.4, 0.5) is 0 Å². The van der Waals surface area contributed by atoms with Crippen molar-refractivity contribution in [2.75, 3.05) is 0 Å². The van der Waals surface area contributed by atoms with Gasteiger partial charge in [0.1, 0.15) is 5.69 Å². The molecule has 0 aliphatic heterocycles. The standard InChI is InChI=1S/C10H9N3OS/c1-13-10(15)11-8(9(14)12-13)7-5-3-2-4-6-7/h2-6H,1H3,(H,12,14). The Morgan fingerprint density at radius 3 is 2.67 bits per heavy atom. The summed E-state index contributed by atoms with van der Waals surface area (Å²) in [7, 11) is 1.66. The van der Waals surface area contributed by atoms with E-state index in [0.29, 0.717) is 10.5 Å². The predicted octanol–water partition coefficient (Wildman–Crippen LogP) is 1.50. The molecule has 1 aromatic heterocycles. The number of aromatic amines is 1. The van der Waals surface area contributed by atoms with Crippen molar-refractivity contribution < 1.29 is 0 Å². The fraction of sp³-hybridized carbons (Fsp3) is 0.100. The molecule has 2 aromatic rings. The molecule has 0 saturated carbocycles. The Bertz CT molecular complexity index is 586. The number of hydrogen-bond acceptors (Lipinski definition) is 3. The lowest BCUT2D eigenvalue weighted by Crippen LogP contribution is -2.18. The highest BCUT2D eigenvalue weighted by Gasteiger charge is 2.04. The van der Waals surface area contributed by atoms with Crippen LogP contribution in [0.5, 0.6) is 0 Å². The second-order valence-corrected chi connectivity index (χ2v) is 3.47. The second-order valence-electron chi connectivity index (χ2n) is 3.11. The van der Waals surface area contributed by atoms with Gasteiger partial charge in [-0.25, -0.2) is 4.98 Å². The zero-order chi connectivity index (χ0) is 10.8. The van der Waals surface area contributed by atoms with Gasteiger partial charge in [-0.15, -0.1) is 0 Å². The van der Waals surface area contributed by atoms with E-state index in [4.69, 9.17) is 12.2 Å². The lowest BCUT2D eigenvalue weighted by atomic mass is 10.2. The van der Waals surface area contributed by atoms with E-state index in [2.05, 4.69) is 10.1 Å². The van der Waals surface area contributed by atoms with Gasteiger partial charge in [-0.3, -0.25) is 14.6 Å². The van der Waals surface area contributed by atoms with E-state index in [1.165, 1.54) is 4.68 Å². The van der Waals surface area contributed by atoms with Crippen LogP contribution in [0.2, 0.25) is 0 Å². The van der Waals surface area contributed by atoms with Crippen LogP contribution >= 0.6 is 12.2 Å². The molecule has 0 aliphatic rings. The summed E-state index contributed by atoms with van der Waals surface area (Å²) in [6.07, 6.45) is 0. The van der Waals surface area contributed by atoms with Crippen molar-refractivity contribution in [3.05, 3.63) is 45.5 Å². The number of nitrogens with one attached hydrogen (secondary N) is 1. The molecule has 0 aliphatic carbocycles. The van der Waals surface area contributed by atoms with Crippen LogP contribution in [-0.2, 0) is 7.05 Å². The van der Waals surface area contributed by atoms with E-state index < -0.39 is 0 Å². The summed E-state index contributed by atoms with van der Waals surface area (Å²) in [6.45, 7) is 0. The lowest BCUT2D eigenvalue weighted by Gasteiger charge is -2.01. The highest BCUT2D eigenvalue weighted by atomic mass is 32.1. The van der Waals surface area contributed by atoms with Crippen LogP contribution in [0.3, 0.4) is 0 Å². The molecule has 0 saturated heterocycles. The quantitative estimate of drug-likeness (QED) is 0.739.